The number of hydrogen-bond donors (Lipinski definition) is 2. The molecule has 0 spiro atoms. The van der Waals surface area contributed by atoms with E-state index in [-0.39, 0.29) is 5.92 Å². The number of nitrogens with zero attached hydrogens (tertiary/aromatic N) is 2. The predicted molar refractivity (Wildman–Crippen MR) is 98.4 cm³/mol. The molecule has 0 fully saturated rings. The number of esters is 1. The molecule has 0 saturated carbocycles. The Hall–Kier alpha value is -2.35. The first kappa shape index (κ1) is 21.7. The fraction of sp³-hybridized carbons (Fsp3) is 0.529. The van der Waals surface area contributed by atoms with Gasteiger partial charge >= 0.3 is 12.0 Å². The summed E-state index contributed by atoms with van der Waals surface area (Å²) in [5, 5.41) is 6.69. The van der Waals surface area contributed by atoms with Crippen molar-refractivity contribution in [2.24, 2.45) is 11.7 Å². The lowest BCUT2D eigenvalue weighted by Gasteiger charge is -2.18. The van der Waals surface area contributed by atoms with E-state index in [0.29, 0.717) is 23.0 Å². The Labute approximate surface area is 157 Å². The van der Waals surface area contributed by atoms with E-state index >= 15 is 0 Å². The van der Waals surface area contributed by atoms with Gasteiger partial charge in [-0.1, -0.05) is 38.8 Å². The summed E-state index contributed by atoms with van der Waals surface area (Å²) in [6.07, 6.45) is 3.49. The second kappa shape index (κ2) is 9.96. The number of nitrogens with one attached hydrogen (secondary N) is 1. The molecule has 1 atom stereocenters. The van der Waals surface area contributed by atoms with Crippen LogP contribution >= 0.6 is 11.6 Å². The minimum atomic E-state index is -1.14. The molecule has 144 valence electrons. The summed E-state index contributed by atoms with van der Waals surface area (Å²) >= 11 is 6.29. The summed E-state index contributed by atoms with van der Waals surface area (Å²) in [6, 6.07) is -1.01. The number of amides is 3. The largest absolute Gasteiger partial charge is 0.449 e. The number of hydrogen-bond acceptors (Lipinski definition) is 5. The predicted octanol–water partition coefficient (Wildman–Crippen LogP) is 2.42. The van der Waals surface area contributed by atoms with Crippen molar-refractivity contribution in [3.63, 3.8) is 0 Å². The molecule has 0 aliphatic carbocycles. The molecule has 0 radical (unpaired) electrons. The molecule has 1 rings (SSSR count). The highest BCUT2D eigenvalue weighted by molar-refractivity contribution is 6.31. The number of rotatable bonds is 8. The van der Waals surface area contributed by atoms with Crippen molar-refractivity contribution in [1.29, 1.82) is 0 Å². The molecule has 8 nitrogen and oxygen atoms in total. The number of aryl methyl sites for hydroxylation is 2. The van der Waals surface area contributed by atoms with Crippen molar-refractivity contribution in [2.75, 3.05) is 0 Å². The van der Waals surface area contributed by atoms with Gasteiger partial charge in [-0.05, 0) is 25.3 Å². The average Bonchev–Trinajstić information content (AvgIpc) is 2.81. The molecule has 0 saturated heterocycles. The standard InChI is InChI=1S/C17H25ClN4O4/c1-5-6-9-22-15(18)12(11(4)21-22)7-8-13(23)26-14(10(2)3)16(24)20-17(19)25/h7-8,10,14H,5-6,9H2,1-4H3,(H3,19,20,24,25)/b8-7+/t14-/m1/s1. The molecule has 3 N–H and O–H groups in total. The zero-order chi connectivity index (χ0) is 19.9. The van der Waals surface area contributed by atoms with Crippen molar-refractivity contribution in [1.82, 2.24) is 15.1 Å². The first-order valence-corrected chi connectivity index (χ1v) is 8.77. The van der Waals surface area contributed by atoms with Crippen LogP contribution in [0.15, 0.2) is 6.08 Å². The van der Waals surface area contributed by atoms with E-state index in [1.54, 1.807) is 25.5 Å². The highest BCUT2D eigenvalue weighted by Crippen LogP contribution is 2.22. The number of urea groups is 1. The maximum Gasteiger partial charge on any atom is 0.331 e. The number of ether oxygens (including phenoxy) is 1. The minimum absolute atomic E-state index is 0.339. The van der Waals surface area contributed by atoms with Crippen LogP contribution in [-0.4, -0.2) is 33.8 Å². The van der Waals surface area contributed by atoms with E-state index in [2.05, 4.69) is 12.0 Å². The van der Waals surface area contributed by atoms with Gasteiger partial charge in [0.1, 0.15) is 5.15 Å². The lowest BCUT2D eigenvalue weighted by Crippen LogP contribution is -2.45. The van der Waals surface area contributed by atoms with Gasteiger partial charge in [-0.15, -0.1) is 0 Å². The molecular weight excluding hydrogens is 360 g/mol. The number of aromatic nitrogens is 2. The molecule has 1 heterocycles. The second-order valence-electron chi connectivity index (χ2n) is 6.15. The van der Waals surface area contributed by atoms with E-state index in [4.69, 9.17) is 22.1 Å². The SMILES string of the molecule is CCCCn1nc(C)c(/C=C/C(=O)O[C@@H](C(=O)NC(N)=O)C(C)C)c1Cl. The minimum Gasteiger partial charge on any atom is -0.449 e. The fourth-order valence-electron chi connectivity index (χ4n) is 2.21. The number of halogens is 1. The van der Waals surface area contributed by atoms with Crippen LogP contribution in [-0.2, 0) is 20.9 Å². The molecule has 0 aliphatic rings. The number of imide groups is 1. The number of primary amides is 1. The van der Waals surface area contributed by atoms with Gasteiger partial charge in [-0.2, -0.15) is 5.10 Å². The number of nitrogens with two attached hydrogens (primary N) is 1. The molecular formula is C17H25ClN4O4. The van der Waals surface area contributed by atoms with Crippen LogP contribution in [0.1, 0.15) is 44.9 Å². The number of unbranched alkanes of at least 4 members (excludes halogenated alkanes) is 1. The molecule has 9 heteroatoms. The van der Waals surface area contributed by atoms with Gasteiger partial charge in [0.15, 0.2) is 6.10 Å². The summed E-state index contributed by atoms with van der Waals surface area (Å²) in [5.74, 6) is -1.84. The Kier molecular flexibility index (Phi) is 8.31. The second-order valence-corrected chi connectivity index (χ2v) is 6.51. The van der Waals surface area contributed by atoms with Crippen LogP contribution in [0.2, 0.25) is 5.15 Å². The lowest BCUT2D eigenvalue weighted by atomic mass is 10.1. The van der Waals surface area contributed by atoms with Gasteiger partial charge in [-0.25, -0.2) is 9.59 Å². The maximum absolute atomic E-state index is 12.0. The van der Waals surface area contributed by atoms with E-state index in [1.807, 2.05) is 5.32 Å². The van der Waals surface area contributed by atoms with Crippen molar-refractivity contribution < 1.29 is 19.1 Å². The van der Waals surface area contributed by atoms with Crippen LogP contribution in [0.4, 0.5) is 4.79 Å². The fourth-order valence-corrected chi connectivity index (χ4v) is 2.54. The third kappa shape index (κ3) is 6.18. The van der Waals surface area contributed by atoms with Crippen LogP contribution in [0.3, 0.4) is 0 Å². The van der Waals surface area contributed by atoms with E-state index in [1.165, 1.54) is 12.2 Å². The topological polar surface area (TPSA) is 116 Å². The molecule has 0 aromatic carbocycles. The average molecular weight is 385 g/mol. The van der Waals surface area contributed by atoms with Crippen LogP contribution in [0, 0.1) is 12.8 Å². The number of carbonyl (C=O) groups excluding carboxylic acids is 3. The molecule has 0 aliphatic heterocycles. The maximum atomic E-state index is 12.0. The molecule has 1 aromatic rings. The van der Waals surface area contributed by atoms with E-state index < -0.39 is 24.0 Å². The van der Waals surface area contributed by atoms with Gasteiger partial charge in [-0.3, -0.25) is 14.8 Å². The molecule has 0 unspecified atom stereocenters. The summed E-state index contributed by atoms with van der Waals surface area (Å²) in [4.78, 5) is 34.7. The Balaban J connectivity index is 2.84. The lowest BCUT2D eigenvalue weighted by molar-refractivity contribution is -0.153. The Bertz CT molecular complexity index is 697. The van der Waals surface area contributed by atoms with E-state index in [0.717, 1.165) is 12.8 Å². The first-order chi connectivity index (χ1) is 12.2. The van der Waals surface area contributed by atoms with E-state index in [9.17, 15) is 14.4 Å². The highest BCUT2D eigenvalue weighted by Gasteiger charge is 2.26. The molecule has 0 bridgehead atoms. The summed E-state index contributed by atoms with van der Waals surface area (Å²) < 4.78 is 6.82. The van der Waals surface area contributed by atoms with Crippen molar-refractivity contribution >= 4 is 35.6 Å². The third-order valence-electron chi connectivity index (χ3n) is 3.57. The zero-order valence-electron chi connectivity index (χ0n) is 15.4. The monoisotopic (exact) mass is 384 g/mol. The normalized spacial score (nSPS) is 12.4. The van der Waals surface area contributed by atoms with Crippen LogP contribution < -0.4 is 11.1 Å². The Morgan fingerprint density at radius 2 is 2.04 bits per heavy atom. The van der Waals surface area contributed by atoms with Gasteiger partial charge in [0.25, 0.3) is 5.91 Å². The van der Waals surface area contributed by atoms with Gasteiger partial charge < -0.3 is 10.5 Å². The zero-order valence-corrected chi connectivity index (χ0v) is 16.2. The molecule has 3 amide bonds. The molecule has 26 heavy (non-hydrogen) atoms. The van der Waals surface area contributed by atoms with Crippen LogP contribution in [0.25, 0.3) is 6.08 Å². The smallest absolute Gasteiger partial charge is 0.331 e. The third-order valence-corrected chi connectivity index (χ3v) is 3.97. The van der Waals surface area contributed by atoms with Crippen molar-refractivity contribution in [3.8, 4) is 0 Å². The first-order valence-electron chi connectivity index (χ1n) is 8.39. The van der Waals surface area contributed by atoms with Gasteiger partial charge in [0.2, 0.25) is 0 Å². The molecule has 1 aromatic heterocycles. The summed E-state index contributed by atoms with van der Waals surface area (Å²) in [7, 11) is 0. The van der Waals surface area contributed by atoms with Crippen molar-refractivity contribution in [2.45, 2.75) is 53.2 Å². The van der Waals surface area contributed by atoms with Gasteiger partial charge in [0, 0.05) is 18.2 Å². The Morgan fingerprint density at radius 3 is 2.58 bits per heavy atom. The van der Waals surface area contributed by atoms with Gasteiger partial charge in [0.05, 0.1) is 5.69 Å². The number of carbonyl (C=O) groups is 3. The van der Waals surface area contributed by atoms with Crippen molar-refractivity contribution in [3.05, 3.63) is 22.5 Å². The highest BCUT2D eigenvalue weighted by atomic mass is 35.5. The van der Waals surface area contributed by atoms with Crippen LogP contribution in [0.5, 0.6) is 0 Å². The quantitative estimate of drug-likeness (QED) is 0.527. The summed E-state index contributed by atoms with van der Waals surface area (Å²) in [6.45, 7) is 7.91. The summed E-state index contributed by atoms with van der Waals surface area (Å²) in [5.41, 5.74) is 6.21. The Morgan fingerprint density at radius 1 is 1.38 bits per heavy atom.